The average Bonchev–Trinajstić information content (AvgIpc) is 3.27. The van der Waals surface area contributed by atoms with Crippen molar-refractivity contribution in [3.63, 3.8) is 0 Å². The summed E-state index contributed by atoms with van der Waals surface area (Å²) >= 11 is 6.09. The monoisotopic (exact) mass is 503 g/mol. The van der Waals surface area contributed by atoms with Gasteiger partial charge in [0.05, 0.1) is 35.9 Å². The summed E-state index contributed by atoms with van der Waals surface area (Å²) < 4.78 is 7.05. The molecular formula is C27H26ClN5O3. The molecule has 1 saturated heterocycles. The van der Waals surface area contributed by atoms with E-state index in [0.29, 0.717) is 43.4 Å². The summed E-state index contributed by atoms with van der Waals surface area (Å²) in [6, 6.07) is 22.8. The predicted molar refractivity (Wildman–Crippen MR) is 141 cm³/mol. The lowest BCUT2D eigenvalue weighted by Crippen LogP contribution is -2.50. The molecule has 2 heterocycles. The minimum atomic E-state index is -0.538. The lowest BCUT2D eigenvalue weighted by Gasteiger charge is -2.35. The molecule has 0 unspecified atom stereocenters. The van der Waals surface area contributed by atoms with E-state index in [2.05, 4.69) is 33.0 Å². The third kappa shape index (κ3) is 4.85. The minimum absolute atomic E-state index is 0.253. The molecular weight excluding hydrogens is 478 g/mol. The molecule has 1 N–H and O–H groups in total. The van der Waals surface area contributed by atoms with Crippen LogP contribution in [0.25, 0.3) is 11.0 Å². The summed E-state index contributed by atoms with van der Waals surface area (Å²) in [5, 5.41) is 3.24. The zero-order valence-electron chi connectivity index (χ0n) is 19.9. The van der Waals surface area contributed by atoms with Gasteiger partial charge in [0.15, 0.2) is 0 Å². The number of carbonyl (C=O) groups is 2. The zero-order valence-corrected chi connectivity index (χ0v) is 20.6. The number of hydrogen-bond donors (Lipinski definition) is 1. The van der Waals surface area contributed by atoms with Gasteiger partial charge >= 0.3 is 12.0 Å². The number of aromatic nitrogens is 2. The number of rotatable bonds is 5. The number of amides is 2. The van der Waals surface area contributed by atoms with Gasteiger partial charge in [0.25, 0.3) is 0 Å². The van der Waals surface area contributed by atoms with E-state index in [1.807, 2.05) is 36.4 Å². The van der Waals surface area contributed by atoms with Gasteiger partial charge in [0.2, 0.25) is 5.95 Å². The second-order valence-electron chi connectivity index (χ2n) is 8.56. The van der Waals surface area contributed by atoms with Crippen molar-refractivity contribution in [3.8, 4) is 0 Å². The van der Waals surface area contributed by atoms with E-state index >= 15 is 0 Å². The average molecular weight is 504 g/mol. The fourth-order valence-electron chi connectivity index (χ4n) is 4.44. The maximum atomic E-state index is 13.0. The molecule has 0 atom stereocenters. The fourth-order valence-corrected chi connectivity index (χ4v) is 4.61. The number of methoxy groups -OCH3 is 1. The van der Waals surface area contributed by atoms with E-state index < -0.39 is 5.97 Å². The molecule has 5 rings (SSSR count). The molecule has 9 heteroatoms. The molecule has 0 spiro atoms. The number of halogens is 1. The van der Waals surface area contributed by atoms with Crippen LogP contribution in [-0.2, 0) is 11.3 Å². The lowest BCUT2D eigenvalue weighted by atomic mass is 10.2. The van der Waals surface area contributed by atoms with Crippen molar-refractivity contribution in [2.24, 2.45) is 0 Å². The first kappa shape index (κ1) is 23.7. The van der Waals surface area contributed by atoms with Crippen molar-refractivity contribution >= 4 is 46.3 Å². The van der Waals surface area contributed by atoms with E-state index in [-0.39, 0.29) is 11.6 Å². The maximum Gasteiger partial charge on any atom is 0.339 e. The highest BCUT2D eigenvalue weighted by atomic mass is 35.5. The number of hydrogen-bond acceptors (Lipinski definition) is 5. The predicted octanol–water partition coefficient (Wildman–Crippen LogP) is 4.88. The molecule has 4 aromatic rings. The molecule has 3 aromatic carbocycles. The molecule has 1 aliphatic heterocycles. The van der Waals surface area contributed by atoms with E-state index in [1.165, 1.54) is 12.7 Å². The van der Waals surface area contributed by atoms with Crippen LogP contribution in [0, 0.1) is 0 Å². The molecule has 8 nitrogen and oxygen atoms in total. The molecule has 0 bridgehead atoms. The van der Waals surface area contributed by atoms with Gasteiger partial charge in [-0.05, 0) is 35.9 Å². The van der Waals surface area contributed by atoms with Crippen LogP contribution in [0.4, 0.5) is 16.4 Å². The Hall–Kier alpha value is -4.04. The number of imidazole rings is 1. The van der Waals surface area contributed by atoms with E-state index in [0.717, 1.165) is 17.0 Å². The van der Waals surface area contributed by atoms with Crippen molar-refractivity contribution in [2.75, 3.05) is 43.5 Å². The second-order valence-corrected chi connectivity index (χ2v) is 8.99. The number of nitrogens with zero attached hydrogens (tertiary/aromatic N) is 4. The fraction of sp³-hybridized carbons (Fsp3) is 0.222. The maximum absolute atomic E-state index is 13.0. The summed E-state index contributed by atoms with van der Waals surface area (Å²) in [5.41, 5.74) is 3.80. The number of ether oxygens (including phenoxy) is 1. The van der Waals surface area contributed by atoms with Crippen molar-refractivity contribution < 1.29 is 14.3 Å². The SMILES string of the molecule is COC(=O)c1ccc(Cl)cc1NC(=O)N1CCN(c2nc3ccccc3n2Cc2ccccc2)CC1. The van der Waals surface area contributed by atoms with E-state index in [4.69, 9.17) is 21.3 Å². The van der Waals surface area contributed by atoms with Crippen LogP contribution in [0.3, 0.4) is 0 Å². The Morgan fingerprint density at radius 2 is 1.69 bits per heavy atom. The Morgan fingerprint density at radius 3 is 2.44 bits per heavy atom. The number of benzene rings is 3. The Kier molecular flexibility index (Phi) is 6.77. The lowest BCUT2D eigenvalue weighted by molar-refractivity contribution is 0.0602. The zero-order chi connectivity index (χ0) is 25.1. The van der Waals surface area contributed by atoms with Crippen LogP contribution in [-0.4, -0.2) is 59.7 Å². The number of anilines is 2. The van der Waals surface area contributed by atoms with Crippen LogP contribution >= 0.6 is 11.6 Å². The molecule has 0 radical (unpaired) electrons. The summed E-state index contributed by atoms with van der Waals surface area (Å²) in [6.45, 7) is 2.99. The van der Waals surface area contributed by atoms with Gasteiger partial charge in [0.1, 0.15) is 0 Å². The van der Waals surface area contributed by atoms with Crippen LogP contribution in [0.2, 0.25) is 5.02 Å². The molecule has 0 aliphatic carbocycles. The van der Waals surface area contributed by atoms with Gasteiger partial charge in [-0.2, -0.15) is 0 Å². The Morgan fingerprint density at radius 1 is 0.972 bits per heavy atom. The number of para-hydroxylation sites is 2. The summed E-state index contributed by atoms with van der Waals surface area (Å²) in [6.07, 6.45) is 0. The van der Waals surface area contributed by atoms with E-state index in [1.54, 1.807) is 23.1 Å². The van der Waals surface area contributed by atoms with Gasteiger partial charge in [-0.3, -0.25) is 0 Å². The van der Waals surface area contributed by atoms with Crippen LogP contribution in [0.1, 0.15) is 15.9 Å². The largest absolute Gasteiger partial charge is 0.465 e. The second kappa shape index (κ2) is 10.3. The standard InChI is InChI=1S/C27H26ClN5O3/c1-36-25(34)21-12-11-20(28)17-23(21)30-27(35)32-15-13-31(14-16-32)26-29-22-9-5-6-10-24(22)33(26)18-19-7-3-2-4-8-19/h2-12,17H,13-16,18H2,1H3,(H,30,35). The number of carbonyl (C=O) groups excluding carboxylic acids is 2. The van der Waals surface area contributed by atoms with Crippen LogP contribution < -0.4 is 10.2 Å². The summed E-state index contributed by atoms with van der Waals surface area (Å²) in [5.74, 6) is 0.354. The van der Waals surface area contributed by atoms with Gasteiger partial charge in [-0.15, -0.1) is 0 Å². The van der Waals surface area contributed by atoms with Gasteiger partial charge in [-0.25, -0.2) is 14.6 Å². The molecule has 1 fully saturated rings. The third-order valence-electron chi connectivity index (χ3n) is 6.30. The molecule has 1 aromatic heterocycles. The van der Waals surface area contributed by atoms with Gasteiger partial charge in [0, 0.05) is 31.2 Å². The first-order chi connectivity index (χ1) is 17.5. The summed E-state index contributed by atoms with van der Waals surface area (Å²) in [7, 11) is 1.30. The van der Waals surface area contributed by atoms with Crippen molar-refractivity contribution in [2.45, 2.75) is 6.54 Å². The quantitative estimate of drug-likeness (QED) is 0.393. The van der Waals surface area contributed by atoms with Crippen molar-refractivity contribution in [1.29, 1.82) is 0 Å². The number of fused-ring (bicyclic) bond motifs is 1. The van der Waals surface area contributed by atoms with Gasteiger partial charge < -0.3 is 24.4 Å². The molecule has 184 valence electrons. The normalized spacial score (nSPS) is 13.6. The number of piperazine rings is 1. The highest BCUT2D eigenvalue weighted by Crippen LogP contribution is 2.26. The van der Waals surface area contributed by atoms with Crippen LogP contribution in [0.15, 0.2) is 72.8 Å². The van der Waals surface area contributed by atoms with Gasteiger partial charge in [-0.1, -0.05) is 54.1 Å². The Labute approximate surface area is 214 Å². The van der Waals surface area contributed by atoms with E-state index in [9.17, 15) is 9.59 Å². The smallest absolute Gasteiger partial charge is 0.339 e. The first-order valence-corrected chi connectivity index (χ1v) is 12.1. The minimum Gasteiger partial charge on any atom is -0.465 e. The van der Waals surface area contributed by atoms with Crippen molar-refractivity contribution in [1.82, 2.24) is 14.5 Å². The number of esters is 1. The molecule has 2 amide bonds. The first-order valence-electron chi connectivity index (χ1n) is 11.7. The Balaban J connectivity index is 1.32. The molecule has 1 aliphatic rings. The Bertz CT molecular complexity index is 1400. The number of nitrogens with one attached hydrogen (secondary N) is 1. The topological polar surface area (TPSA) is 79.7 Å². The third-order valence-corrected chi connectivity index (χ3v) is 6.53. The highest BCUT2D eigenvalue weighted by molar-refractivity contribution is 6.31. The molecule has 0 saturated carbocycles. The van der Waals surface area contributed by atoms with Crippen LogP contribution in [0.5, 0.6) is 0 Å². The number of urea groups is 1. The van der Waals surface area contributed by atoms with Crippen molar-refractivity contribution in [3.05, 3.63) is 88.9 Å². The highest BCUT2D eigenvalue weighted by Gasteiger charge is 2.26. The summed E-state index contributed by atoms with van der Waals surface area (Å²) in [4.78, 5) is 34.0. The molecule has 36 heavy (non-hydrogen) atoms.